The molecule has 1 aliphatic rings. The molecule has 1 amide bonds. The van der Waals surface area contributed by atoms with Crippen LogP contribution in [0.3, 0.4) is 0 Å². The lowest BCUT2D eigenvalue weighted by atomic mass is 10.1. The van der Waals surface area contributed by atoms with Crippen molar-refractivity contribution in [3.05, 3.63) is 47.9 Å². The highest BCUT2D eigenvalue weighted by Crippen LogP contribution is 2.15. The number of aryl methyl sites for hydroxylation is 1. The molecule has 0 radical (unpaired) electrons. The average Bonchev–Trinajstić information content (AvgIpc) is 2.90. The molecule has 4 heteroatoms. The largest absolute Gasteiger partial charge is 0.331 e. The Labute approximate surface area is 105 Å². The van der Waals surface area contributed by atoms with Crippen LogP contribution in [0, 0.1) is 6.92 Å². The van der Waals surface area contributed by atoms with Crippen LogP contribution in [0.1, 0.15) is 16.2 Å². The molecule has 0 atom stereocenters. The summed E-state index contributed by atoms with van der Waals surface area (Å²) in [5.74, 6) is 0.771. The molecule has 1 aromatic carbocycles. The van der Waals surface area contributed by atoms with Gasteiger partial charge in [0.1, 0.15) is 5.82 Å². The number of rotatable bonds is 1. The van der Waals surface area contributed by atoms with E-state index in [-0.39, 0.29) is 5.91 Å². The fourth-order valence-corrected chi connectivity index (χ4v) is 2.08. The molecule has 90 valence electrons. The lowest BCUT2D eigenvalue weighted by Gasteiger charge is -2.15. The zero-order chi connectivity index (χ0) is 12.5. The van der Waals surface area contributed by atoms with E-state index in [4.69, 9.17) is 0 Å². The SMILES string of the molecule is Cc1ncc2ccc(C(=O)N3CC=CC3)cc2n1. The van der Waals surface area contributed by atoms with Crippen molar-refractivity contribution in [2.24, 2.45) is 0 Å². The molecule has 1 aliphatic heterocycles. The number of fused-ring (bicyclic) bond motifs is 1. The van der Waals surface area contributed by atoms with E-state index >= 15 is 0 Å². The molecule has 3 rings (SSSR count). The van der Waals surface area contributed by atoms with E-state index in [9.17, 15) is 4.79 Å². The molecule has 2 heterocycles. The third-order valence-electron chi connectivity index (χ3n) is 3.06. The van der Waals surface area contributed by atoms with Gasteiger partial charge in [0.15, 0.2) is 0 Å². The fourth-order valence-electron chi connectivity index (χ4n) is 2.08. The summed E-state index contributed by atoms with van der Waals surface area (Å²) in [7, 11) is 0. The van der Waals surface area contributed by atoms with Gasteiger partial charge in [0.25, 0.3) is 5.91 Å². The minimum absolute atomic E-state index is 0.0539. The quantitative estimate of drug-likeness (QED) is 0.714. The summed E-state index contributed by atoms with van der Waals surface area (Å²) in [6.45, 7) is 3.23. The number of hydrogen-bond donors (Lipinski definition) is 0. The molecule has 2 aromatic rings. The van der Waals surface area contributed by atoms with E-state index in [2.05, 4.69) is 9.97 Å². The molecule has 18 heavy (non-hydrogen) atoms. The second kappa shape index (κ2) is 4.22. The Kier molecular flexibility index (Phi) is 2.55. The minimum atomic E-state index is 0.0539. The van der Waals surface area contributed by atoms with Crippen molar-refractivity contribution in [1.29, 1.82) is 0 Å². The van der Waals surface area contributed by atoms with E-state index in [1.807, 2.05) is 37.3 Å². The van der Waals surface area contributed by atoms with Gasteiger partial charge in [0.2, 0.25) is 0 Å². The molecule has 0 N–H and O–H groups in total. The predicted molar refractivity (Wildman–Crippen MR) is 69.3 cm³/mol. The van der Waals surface area contributed by atoms with Gasteiger partial charge in [-0.25, -0.2) is 9.97 Å². The van der Waals surface area contributed by atoms with Gasteiger partial charge in [-0.15, -0.1) is 0 Å². The third-order valence-corrected chi connectivity index (χ3v) is 3.06. The molecule has 0 saturated heterocycles. The summed E-state index contributed by atoms with van der Waals surface area (Å²) in [6.07, 6.45) is 5.79. The third kappa shape index (κ3) is 1.86. The molecule has 4 nitrogen and oxygen atoms in total. The standard InChI is InChI=1S/C14H13N3O/c1-10-15-9-12-5-4-11(8-13(12)16-10)14(18)17-6-2-3-7-17/h2-5,8-9H,6-7H2,1H3. The molecule has 0 aliphatic carbocycles. The molecular weight excluding hydrogens is 226 g/mol. The Morgan fingerprint density at radius 2 is 2.06 bits per heavy atom. The molecular formula is C14H13N3O. The molecule has 0 unspecified atom stereocenters. The van der Waals surface area contributed by atoms with Gasteiger partial charge in [-0.1, -0.05) is 18.2 Å². The summed E-state index contributed by atoms with van der Waals surface area (Å²) < 4.78 is 0. The molecule has 0 saturated carbocycles. The Hall–Kier alpha value is -2.23. The first-order chi connectivity index (χ1) is 8.74. The molecule has 0 spiro atoms. The van der Waals surface area contributed by atoms with E-state index in [1.54, 1.807) is 11.1 Å². The van der Waals surface area contributed by atoms with Crippen molar-refractivity contribution < 1.29 is 4.79 Å². The smallest absolute Gasteiger partial charge is 0.254 e. The number of carbonyl (C=O) groups excluding carboxylic acids is 1. The number of nitrogens with zero attached hydrogens (tertiary/aromatic N) is 3. The van der Waals surface area contributed by atoms with E-state index in [0.29, 0.717) is 18.7 Å². The van der Waals surface area contributed by atoms with E-state index in [1.165, 1.54) is 0 Å². The van der Waals surface area contributed by atoms with Crippen LogP contribution >= 0.6 is 0 Å². The number of aromatic nitrogens is 2. The molecule has 0 fully saturated rings. The van der Waals surface area contributed by atoms with Gasteiger partial charge in [-0.2, -0.15) is 0 Å². The van der Waals surface area contributed by atoms with E-state index in [0.717, 1.165) is 16.7 Å². The highest BCUT2D eigenvalue weighted by atomic mass is 16.2. The highest BCUT2D eigenvalue weighted by Gasteiger charge is 2.16. The lowest BCUT2D eigenvalue weighted by molar-refractivity contribution is 0.0800. The number of benzene rings is 1. The normalized spacial score (nSPS) is 14.4. The maximum atomic E-state index is 12.2. The van der Waals surface area contributed by atoms with Gasteiger partial charge in [0, 0.05) is 30.2 Å². The van der Waals surface area contributed by atoms with Gasteiger partial charge >= 0.3 is 0 Å². The number of amides is 1. The van der Waals surface area contributed by atoms with Crippen LogP contribution in [0.5, 0.6) is 0 Å². The first-order valence-electron chi connectivity index (χ1n) is 5.92. The van der Waals surface area contributed by atoms with Crippen LogP contribution in [0.25, 0.3) is 10.9 Å². The van der Waals surface area contributed by atoms with Crippen molar-refractivity contribution in [3.8, 4) is 0 Å². The average molecular weight is 239 g/mol. The van der Waals surface area contributed by atoms with Crippen molar-refractivity contribution in [3.63, 3.8) is 0 Å². The summed E-state index contributed by atoms with van der Waals surface area (Å²) in [5.41, 5.74) is 1.50. The summed E-state index contributed by atoms with van der Waals surface area (Å²) in [4.78, 5) is 22.5. The van der Waals surface area contributed by atoms with Crippen LogP contribution in [-0.2, 0) is 0 Å². The van der Waals surface area contributed by atoms with Crippen LogP contribution < -0.4 is 0 Å². The molecule has 0 bridgehead atoms. The van der Waals surface area contributed by atoms with Gasteiger partial charge in [0.05, 0.1) is 5.52 Å². The Balaban J connectivity index is 1.99. The second-order valence-corrected chi connectivity index (χ2v) is 4.37. The number of hydrogen-bond acceptors (Lipinski definition) is 3. The fraction of sp³-hybridized carbons (Fsp3) is 0.214. The highest BCUT2D eigenvalue weighted by molar-refractivity contribution is 5.98. The molecule has 1 aromatic heterocycles. The summed E-state index contributed by atoms with van der Waals surface area (Å²) >= 11 is 0. The Morgan fingerprint density at radius 1 is 1.28 bits per heavy atom. The topological polar surface area (TPSA) is 46.1 Å². The van der Waals surface area contributed by atoms with Gasteiger partial charge < -0.3 is 4.90 Å². The van der Waals surface area contributed by atoms with Gasteiger partial charge in [-0.3, -0.25) is 4.79 Å². The lowest BCUT2D eigenvalue weighted by Crippen LogP contribution is -2.28. The monoisotopic (exact) mass is 239 g/mol. The van der Waals surface area contributed by atoms with Crippen LogP contribution in [0.2, 0.25) is 0 Å². The van der Waals surface area contributed by atoms with Gasteiger partial charge in [-0.05, 0) is 19.1 Å². The number of carbonyl (C=O) groups is 1. The zero-order valence-electron chi connectivity index (χ0n) is 10.1. The maximum Gasteiger partial charge on any atom is 0.254 e. The second-order valence-electron chi connectivity index (χ2n) is 4.37. The Bertz CT molecular complexity index is 641. The first-order valence-corrected chi connectivity index (χ1v) is 5.92. The van der Waals surface area contributed by atoms with Crippen molar-refractivity contribution in [2.45, 2.75) is 6.92 Å². The zero-order valence-corrected chi connectivity index (χ0v) is 10.1. The Morgan fingerprint density at radius 3 is 2.83 bits per heavy atom. The first kappa shape index (κ1) is 10.9. The van der Waals surface area contributed by atoms with Crippen LogP contribution in [-0.4, -0.2) is 33.9 Å². The van der Waals surface area contributed by atoms with E-state index < -0.39 is 0 Å². The van der Waals surface area contributed by atoms with Crippen molar-refractivity contribution >= 4 is 16.8 Å². The predicted octanol–water partition coefficient (Wildman–Crippen LogP) is 1.95. The summed E-state index contributed by atoms with van der Waals surface area (Å²) in [6, 6.07) is 5.57. The minimum Gasteiger partial charge on any atom is -0.331 e. The maximum absolute atomic E-state index is 12.2. The van der Waals surface area contributed by atoms with Crippen LogP contribution in [0.15, 0.2) is 36.5 Å². The summed E-state index contributed by atoms with van der Waals surface area (Å²) in [5, 5.41) is 0.955. The van der Waals surface area contributed by atoms with Crippen molar-refractivity contribution in [2.75, 3.05) is 13.1 Å². The van der Waals surface area contributed by atoms with Crippen LogP contribution in [0.4, 0.5) is 0 Å². The van der Waals surface area contributed by atoms with Crippen molar-refractivity contribution in [1.82, 2.24) is 14.9 Å².